The van der Waals surface area contributed by atoms with Crippen LogP contribution < -0.4 is 10.5 Å². The molecule has 0 fully saturated rings. The van der Waals surface area contributed by atoms with E-state index in [1.54, 1.807) is 6.07 Å². The molecule has 10 heteroatoms. The predicted molar refractivity (Wildman–Crippen MR) is 100 cm³/mol. The van der Waals surface area contributed by atoms with E-state index in [1.165, 1.54) is 43.3 Å². The minimum atomic E-state index is -3.82. The molecule has 0 aliphatic heterocycles. The average molecular weight is 462 g/mol. The third kappa shape index (κ3) is 5.28. The van der Waals surface area contributed by atoms with Crippen LogP contribution in [0.3, 0.4) is 0 Å². The van der Waals surface area contributed by atoms with Crippen LogP contribution in [0, 0.1) is 0 Å². The minimum Gasteiger partial charge on any atom is -0.449 e. The van der Waals surface area contributed by atoms with Crippen LogP contribution in [0.25, 0.3) is 0 Å². The van der Waals surface area contributed by atoms with Crippen molar-refractivity contribution in [3.8, 4) is 0 Å². The lowest BCUT2D eigenvalue weighted by atomic mass is 10.2. The van der Waals surface area contributed by atoms with E-state index in [0.717, 1.165) is 0 Å². The molecule has 0 radical (unpaired) electrons. The Bertz CT molecular complexity index is 948. The number of carbonyl (C=O) groups excluding carboxylic acids is 2. The first kappa shape index (κ1) is 20.4. The molecule has 0 aliphatic rings. The van der Waals surface area contributed by atoms with Crippen molar-refractivity contribution >= 4 is 55.1 Å². The van der Waals surface area contributed by atoms with E-state index in [1.807, 2.05) is 0 Å². The molecule has 7 nitrogen and oxygen atoms in total. The van der Waals surface area contributed by atoms with Crippen molar-refractivity contribution in [2.24, 2.45) is 5.14 Å². The maximum atomic E-state index is 12.2. The lowest BCUT2D eigenvalue weighted by Gasteiger charge is -2.14. The highest BCUT2D eigenvalue weighted by Gasteiger charge is 2.21. The van der Waals surface area contributed by atoms with E-state index in [9.17, 15) is 18.0 Å². The molecule has 0 aromatic heterocycles. The van der Waals surface area contributed by atoms with Crippen molar-refractivity contribution in [3.63, 3.8) is 0 Å². The fourth-order valence-corrected chi connectivity index (χ4v) is 2.97. The van der Waals surface area contributed by atoms with Crippen molar-refractivity contribution in [2.45, 2.75) is 17.9 Å². The molecular formula is C16H14BrClN2O5S. The average Bonchev–Trinajstić information content (AvgIpc) is 2.56. The number of halogens is 2. The summed E-state index contributed by atoms with van der Waals surface area (Å²) in [6.45, 7) is 1.40. The van der Waals surface area contributed by atoms with Crippen molar-refractivity contribution in [1.29, 1.82) is 0 Å². The summed E-state index contributed by atoms with van der Waals surface area (Å²) >= 11 is 9.18. The zero-order valence-electron chi connectivity index (χ0n) is 13.4. The number of nitrogens with two attached hydrogens (primary N) is 1. The van der Waals surface area contributed by atoms with Gasteiger partial charge in [0.1, 0.15) is 0 Å². The van der Waals surface area contributed by atoms with Crippen LogP contribution in [0.5, 0.6) is 0 Å². The lowest BCUT2D eigenvalue weighted by molar-refractivity contribution is -0.123. The van der Waals surface area contributed by atoms with Crippen LogP contribution in [-0.4, -0.2) is 26.4 Å². The molecule has 138 valence electrons. The monoisotopic (exact) mass is 460 g/mol. The molecular weight excluding hydrogens is 448 g/mol. The Kier molecular flexibility index (Phi) is 6.40. The summed E-state index contributed by atoms with van der Waals surface area (Å²) in [5.74, 6) is -1.34. The van der Waals surface area contributed by atoms with Crippen LogP contribution in [0.4, 0.5) is 5.69 Å². The molecule has 1 atom stereocenters. The van der Waals surface area contributed by atoms with Crippen molar-refractivity contribution in [3.05, 3.63) is 57.5 Å². The number of hydrogen-bond acceptors (Lipinski definition) is 5. The zero-order valence-corrected chi connectivity index (χ0v) is 16.6. The molecule has 0 unspecified atom stereocenters. The number of carbonyl (C=O) groups is 2. The highest BCUT2D eigenvalue weighted by molar-refractivity contribution is 9.10. The third-order valence-electron chi connectivity index (χ3n) is 3.25. The molecule has 0 aliphatic carbocycles. The molecule has 2 rings (SSSR count). The molecule has 2 aromatic rings. The van der Waals surface area contributed by atoms with Gasteiger partial charge in [0.25, 0.3) is 5.91 Å². The fraction of sp³-hybridized carbons (Fsp3) is 0.125. The van der Waals surface area contributed by atoms with E-state index in [0.29, 0.717) is 10.2 Å². The second-order valence-electron chi connectivity index (χ2n) is 5.23. The first-order valence-corrected chi connectivity index (χ1v) is 9.89. The highest BCUT2D eigenvalue weighted by Crippen LogP contribution is 2.22. The topological polar surface area (TPSA) is 116 Å². The first-order chi connectivity index (χ1) is 12.1. The number of ether oxygens (including phenoxy) is 1. The van der Waals surface area contributed by atoms with Crippen LogP contribution in [-0.2, 0) is 19.6 Å². The second-order valence-corrected chi connectivity index (χ2v) is 8.11. The van der Waals surface area contributed by atoms with Gasteiger partial charge in [0, 0.05) is 10.2 Å². The van der Waals surface area contributed by atoms with Crippen molar-refractivity contribution in [1.82, 2.24) is 0 Å². The van der Waals surface area contributed by atoms with Gasteiger partial charge in [-0.05, 0) is 49.4 Å². The molecule has 2 aromatic carbocycles. The van der Waals surface area contributed by atoms with Gasteiger partial charge in [-0.2, -0.15) is 0 Å². The van der Waals surface area contributed by atoms with Crippen molar-refractivity contribution in [2.75, 3.05) is 5.32 Å². The number of rotatable bonds is 5. The Hall–Kier alpha value is -1.94. The van der Waals surface area contributed by atoms with Gasteiger partial charge >= 0.3 is 5.97 Å². The normalized spacial score (nSPS) is 12.3. The summed E-state index contributed by atoms with van der Waals surface area (Å²) in [5, 5.41) is 7.71. The Labute approximate surface area is 163 Å². The Morgan fingerprint density at radius 1 is 1.19 bits per heavy atom. The Balaban J connectivity index is 2.03. The summed E-state index contributed by atoms with van der Waals surface area (Å²) in [5.41, 5.74) is 0.448. The van der Waals surface area contributed by atoms with Crippen LogP contribution >= 0.6 is 27.5 Å². The van der Waals surface area contributed by atoms with Gasteiger partial charge < -0.3 is 10.1 Å². The quantitative estimate of drug-likeness (QED) is 0.664. The maximum Gasteiger partial charge on any atom is 0.340 e. The third-order valence-corrected chi connectivity index (χ3v) is 5.00. The lowest BCUT2D eigenvalue weighted by Crippen LogP contribution is -2.30. The van der Waals surface area contributed by atoms with E-state index in [4.69, 9.17) is 21.5 Å². The van der Waals surface area contributed by atoms with Crippen LogP contribution in [0.15, 0.2) is 51.8 Å². The van der Waals surface area contributed by atoms with Gasteiger partial charge in [-0.3, -0.25) is 4.79 Å². The minimum absolute atomic E-state index is 0.0840. The van der Waals surface area contributed by atoms with Gasteiger partial charge in [0.15, 0.2) is 6.10 Å². The standard InChI is InChI=1S/C16H14BrClN2O5S/c1-9(25-16(22)13-8-10(17)2-7-14(13)18)15(21)20-11-3-5-12(6-4-11)26(19,23)24/h2-9H,1H3,(H,20,21)(H2,19,23,24)/t9-/m1/s1. The SMILES string of the molecule is C[C@@H](OC(=O)c1cc(Br)ccc1Cl)C(=O)Nc1ccc(S(N)(=O)=O)cc1. The van der Waals surface area contributed by atoms with E-state index < -0.39 is 28.0 Å². The summed E-state index contributed by atoms with van der Waals surface area (Å²) in [6.07, 6.45) is -1.10. The largest absolute Gasteiger partial charge is 0.449 e. The van der Waals surface area contributed by atoms with Crippen LogP contribution in [0.1, 0.15) is 17.3 Å². The number of sulfonamides is 1. The number of amides is 1. The number of esters is 1. The van der Waals surface area contributed by atoms with Gasteiger partial charge in [0.2, 0.25) is 10.0 Å². The number of primary sulfonamides is 1. The second kappa shape index (κ2) is 8.17. The summed E-state index contributed by atoms with van der Waals surface area (Å²) in [7, 11) is -3.82. The van der Waals surface area contributed by atoms with E-state index in [2.05, 4.69) is 21.2 Å². The molecule has 0 spiro atoms. The molecule has 0 bridgehead atoms. The van der Waals surface area contributed by atoms with Crippen LogP contribution in [0.2, 0.25) is 5.02 Å². The first-order valence-electron chi connectivity index (χ1n) is 7.17. The maximum absolute atomic E-state index is 12.2. The zero-order chi connectivity index (χ0) is 19.5. The summed E-state index contributed by atoms with van der Waals surface area (Å²) in [6, 6.07) is 9.93. The number of nitrogens with one attached hydrogen (secondary N) is 1. The molecule has 3 N–H and O–H groups in total. The van der Waals surface area contributed by atoms with E-state index >= 15 is 0 Å². The van der Waals surface area contributed by atoms with Gasteiger partial charge in [-0.1, -0.05) is 27.5 Å². The molecule has 1 amide bonds. The molecule has 0 heterocycles. The smallest absolute Gasteiger partial charge is 0.340 e. The predicted octanol–water partition coefficient (Wildman–Crippen LogP) is 2.93. The number of anilines is 1. The van der Waals surface area contributed by atoms with E-state index in [-0.39, 0.29) is 15.5 Å². The number of benzene rings is 2. The van der Waals surface area contributed by atoms with Gasteiger partial charge in [-0.15, -0.1) is 0 Å². The summed E-state index contributed by atoms with van der Waals surface area (Å²) < 4.78 is 28.2. The van der Waals surface area contributed by atoms with Gasteiger partial charge in [0.05, 0.1) is 15.5 Å². The molecule has 0 saturated carbocycles. The van der Waals surface area contributed by atoms with Gasteiger partial charge in [-0.25, -0.2) is 18.4 Å². The number of hydrogen-bond donors (Lipinski definition) is 2. The Morgan fingerprint density at radius 2 is 1.81 bits per heavy atom. The Morgan fingerprint density at radius 3 is 2.38 bits per heavy atom. The summed E-state index contributed by atoms with van der Waals surface area (Å²) in [4.78, 5) is 24.2. The molecule has 26 heavy (non-hydrogen) atoms. The highest BCUT2D eigenvalue weighted by atomic mass is 79.9. The fourth-order valence-electron chi connectivity index (χ4n) is 1.90. The molecule has 0 saturated heterocycles. The van der Waals surface area contributed by atoms with Crippen molar-refractivity contribution < 1.29 is 22.7 Å².